The average Bonchev–Trinajstić information content (AvgIpc) is 2.41. The molecule has 0 spiro atoms. The predicted octanol–water partition coefficient (Wildman–Crippen LogP) is 1.02. The highest BCUT2D eigenvalue weighted by Crippen LogP contribution is 2.16. The lowest BCUT2D eigenvalue weighted by molar-refractivity contribution is -0.131. The maximum Gasteiger partial charge on any atom is 0.222 e. The minimum atomic E-state index is 0.216. The molecule has 0 radical (unpaired) electrons. The van der Waals surface area contributed by atoms with E-state index in [1.807, 2.05) is 11.8 Å². The zero-order chi connectivity index (χ0) is 9.68. The van der Waals surface area contributed by atoms with Crippen molar-refractivity contribution >= 4 is 5.91 Å². The SMILES string of the molecule is CCC(=O)N1CCCCC(CO)C1. The van der Waals surface area contributed by atoms with Crippen molar-refractivity contribution in [1.29, 1.82) is 0 Å². The first-order chi connectivity index (χ1) is 6.27. The van der Waals surface area contributed by atoms with Gasteiger partial charge in [0.2, 0.25) is 5.91 Å². The molecule has 0 aromatic rings. The lowest BCUT2D eigenvalue weighted by atomic mass is 10.1. The Morgan fingerprint density at radius 1 is 1.54 bits per heavy atom. The van der Waals surface area contributed by atoms with Crippen LogP contribution in [0.25, 0.3) is 0 Å². The van der Waals surface area contributed by atoms with Gasteiger partial charge in [-0.05, 0) is 18.8 Å². The number of nitrogens with zero attached hydrogens (tertiary/aromatic N) is 1. The zero-order valence-corrected chi connectivity index (χ0v) is 8.33. The summed E-state index contributed by atoms with van der Waals surface area (Å²) in [5.74, 6) is 0.526. The normalized spacial score (nSPS) is 24.2. The molecule has 1 N–H and O–H groups in total. The Morgan fingerprint density at radius 3 is 2.92 bits per heavy atom. The molecule has 0 aromatic heterocycles. The maximum atomic E-state index is 11.4. The molecular formula is C10H19NO2. The average molecular weight is 185 g/mol. The molecule has 1 fully saturated rings. The number of likely N-dealkylation sites (tertiary alicyclic amines) is 1. The van der Waals surface area contributed by atoms with Crippen LogP contribution in [-0.2, 0) is 4.79 Å². The van der Waals surface area contributed by atoms with E-state index in [-0.39, 0.29) is 12.5 Å². The van der Waals surface area contributed by atoms with E-state index in [0.717, 1.165) is 32.4 Å². The molecular weight excluding hydrogens is 166 g/mol. The van der Waals surface area contributed by atoms with Gasteiger partial charge in [0.05, 0.1) is 0 Å². The second-order valence-corrected chi connectivity index (χ2v) is 3.74. The molecule has 1 aliphatic heterocycles. The van der Waals surface area contributed by atoms with Crippen LogP contribution in [0.3, 0.4) is 0 Å². The van der Waals surface area contributed by atoms with Gasteiger partial charge in [-0.1, -0.05) is 13.3 Å². The fourth-order valence-corrected chi connectivity index (χ4v) is 1.83. The van der Waals surface area contributed by atoms with Crippen molar-refractivity contribution in [3.63, 3.8) is 0 Å². The molecule has 1 saturated heterocycles. The van der Waals surface area contributed by atoms with Crippen LogP contribution in [-0.4, -0.2) is 35.6 Å². The third-order valence-electron chi connectivity index (χ3n) is 2.68. The van der Waals surface area contributed by atoms with Gasteiger partial charge in [-0.25, -0.2) is 0 Å². The Kier molecular flexibility index (Phi) is 4.22. The van der Waals surface area contributed by atoms with Crippen LogP contribution < -0.4 is 0 Å². The lowest BCUT2D eigenvalue weighted by Gasteiger charge is -2.22. The molecule has 0 saturated carbocycles. The van der Waals surface area contributed by atoms with Crippen LogP contribution in [0.5, 0.6) is 0 Å². The van der Waals surface area contributed by atoms with E-state index in [1.165, 1.54) is 0 Å². The number of rotatable bonds is 2. The number of hydrogen-bond donors (Lipinski definition) is 1. The van der Waals surface area contributed by atoms with E-state index in [4.69, 9.17) is 5.11 Å². The molecule has 1 rings (SSSR count). The van der Waals surface area contributed by atoms with Gasteiger partial charge in [0, 0.05) is 26.1 Å². The molecule has 1 aliphatic rings. The van der Waals surface area contributed by atoms with Crippen LogP contribution in [0.4, 0.5) is 0 Å². The summed E-state index contributed by atoms with van der Waals surface area (Å²) in [6.45, 7) is 3.74. The summed E-state index contributed by atoms with van der Waals surface area (Å²) in [5.41, 5.74) is 0. The third kappa shape index (κ3) is 2.99. The van der Waals surface area contributed by atoms with Crippen LogP contribution in [0.1, 0.15) is 32.6 Å². The zero-order valence-electron chi connectivity index (χ0n) is 8.33. The van der Waals surface area contributed by atoms with Crippen LogP contribution in [0.2, 0.25) is 0 Å². The highest BCUT2D eigenvalue weighted by molar-refractivity contribution is 5.75. The second kappa shape index (κ2) is 5.22. The first kappa shape index (κ1) is 10.5. The van der Waals surface area contributed by atoms with Crippen molar-refractivity contribution in [2.24, 2.45) is 5.92 Å². The van der Waals surface area contributed by atoms with E-state index >= 15 is 0 Å². The standard InChI is InChI=1S/C10H19NO2/c1-2-10(13)11-6-4-3-5-9(7-11)8-12/h9,12H,2-8H2,1H3. The number of amides is 1. The van der Waals surface area contributed by atoms with Crippen molar-refractivity contribution in [2.75, 3.05) is 19.7 Å². The van der Waals surface area contributed by atoms with Gasteiger partial charge < -0.3 is 10.0 Å². The largest absolute Gasteiger partial charge is 0.396 e. The molecule has 1 atom stereocenters. The van der Waals surface area contributed by atoms with E-state index in [9.17, 15) is 4.79 Å². The Morgan fingerprint density at radius 2 is 2.31 bits per heavy atom. The van der Waals surface area contributed by atoms with E-state index < -0.39 is 0 Å². The Bertz CT molecular complexity index is 170. The minimum absolute atomic E-state index is 0.216. The highest BCUT2D eigenvalue weighted by atomic mass is 16.3. The van der Waals surface area contributed by atoms with Crippen LogP contribution in [0, 0.1) is 5.92 Å². The van der Waals surface area contributed by atoms with Crippen molar-refractivity contribution in [3.05, 3.63) is 0 Å². The Hall–Kier alpha value is -0.570. The van der Waals surface area contributed by atoms with Crippen LogP contribution >= 0.6 is 0 Å². The topological polar surface area (TPSA) is 40.5 Å². The second-order valence-electron chi connectivity index (χ2n) is 3.74. The molecule has 3 heteroatoms. The summed E-state index contributed by atoms with van der Waals surface area (Å²) < 4.78 is 0. The number of carbonyl (C=O) groups is 1. The molecule has 3 nitrogen and oxygen atoms in total. The quantitative estimate of drug-likeness (QED) is 0.697. The predicted molar refractivity (Wildman–Crippen MR) is 51.3 cm³/mol. The van der Waals surface area contributed by atoms with Gasteiger partial charge in [-0.2, -0.15) is 0 Å². The minimum Gasteiger partial charge on any atom is -0.396 e. The number of hydrogen-bond acceptors (Lipinski definition) is 2. The smallest absolute Gasteiger partial charge is 0.222 e. The molecule has 13 heavy (non-hydrogen) atoms. The summed E-state index contributed by atoms with van der Waals surface area (Å²) in [4.78, 5) is 13.3. The summed E-state index contributed by atoms with van der Waals surface area (Å²) in [6, 6.07) is 0. The first-order valence-electron chi connectivity index (χ1n) is 5.16. The van der Waals surface area contributed by atoms with Crippen molar-refractivity contribution in [2.45, 2.75) is 32.6 Å². The molecule has 0 bridgehead atoms. The van der Waals surface area contributed by atoms with Crippen molar-refractivity contribution in [1.82, 2.24) is 4.90 Å². The van der Waals surface area contributed by atoms with Gasteiger partial charge in [0.25, 0.3) is 0 Å². The van der Waals surface area contributed by atoms with Crippen molar-refractivity contribution in [3.8, 4) is 0 Å². The number of aliphatic hydroxyl groups excluding tert-OH is 1. The monoisotopic (exact) mass is 185 g/mol. The van der Waals surface area contributed by atoms with Gasteiger partial charge in [0.1, 0.15) is 0 Å². The third-order valence-corrected chi connectivity index (χ3v) is 2.68. The molecule has 1 amide bonds. The first-order valence-corrected chi connectivity index (χ1v) is 5.16. The highest BCUT2D eigenvalue weighted by Gasteiger charge is 2.19. The Balaban J connectivity index is 2.48. The lowest BCUT2D eigenvalue weighted by Crippen LogP contribution is -2.34. The fourth-order valence-electron chi connectivity index (χ4n) is 1.83. The van der Waals surface area contributed by atoms with Gasteiger partial charge >= 0.3 is 0 Å². The van der Waals surface area contributed by atoms with E-state index in [2.05, 4.69) is 0 Å². The molecule has 0 aliphatic carbocycles. The van der Waals surface area contributed by atoms with E-state index in [0.29, 0.717) is 12.3 Å². The molecule has 0 aromatic carbocycles. The van der Waals surface area contributed by atoms with Crippen molar-refractivity contribution < 1.29 is 9.90 Å². The summed E-state index contributed by atoms with van der Waals surface area (Å²) in [7, 11) is 0. The summed E-state index contributed by atoms with van der Waals surface area (Å²) >= 11 is 0. The summed E-state index contributed by atoms with van der Waals surface area (Å²) in [5, 5.41) is 9.05. The van der Waals surface area contributed by atoms with Crippen LogP contribution in [0.15, 0.2) is 0 Å². The number of aliphatic hydroxyl groups is 1. The number of carbonyl (C=O) groups excluding carboxylic acids is 1. The molecule has 76 valence electrons. The maximum absolute atomic E-state index is 11.4. The van der Waals surface area contributed by atoms with Gasteiger partial charge in [0.15, 0.2) is 0 Å². The van der Waals surface area contributed by atoms with E-state index in [1.54, 1.807) is 0 Å². The molecule has 1 unspecified atom stereocenters. The summed E-state index contributed by atoms with van der Waals surface area (Å²) in [6.07, 6.45) is 3.86. The fraction of sp³-hybridized carbons (Fsp3) is 0.900. The van der Waals surface area contributed by atoms with Gasteiger partial charge in [-0.3, -0.25) is 4.79 Å². The van der Waals surface area contributed by atoms with Gasteiger partial charge in [-0.15, -0.1) is 0 Å². The Labute approximate surface area is 79.7 Å². The molecule has 1 heterocycles.